The molecule has 0 bridgehead atoms. The van der Waals surface area contributed by atoms with Gasteiger partial charge >= 0.3 is 0 Å². The predicted octanol–water partition coefficient (Wildman–Crippen LogP) is 1.93. The molecule has 0 aromatic heterocycles. The number of rotatable bonds is 5. The normalized spacial score (nSPS) is 9.71. The van der Waals surface area contributed by atoms with Crippen LogP contribution in [0.3, 0.4) is 0 Å². The lowest BCUT2D eigenvalue weighted by atomic mass is 10.1. The van der Waals surface area contributed by atoms with Gasteiger partial charge in [-0.2, -0.15) is 5.26 Å². The van der Waals surface area contributed by atoms with Crippen molar-refractivity contribution in [3.63, 3.8) is 0 Å². The summed E-state index contributed by atoms with van der Waals surface area (Å²) in [5.41, 5.74) is 0.227. The van der Waals surface area contributed by atoms with Crippen molar-refractivity contribution in [3.05, 3.63) is 35.4 Å². The zero-order valence-electron chi connectivity index (χ0n) is 9.17. The Kier molecular flexibility index (Phi) is 5.08. The van der Waals surface area contributed by atoms with E-state index < -0.39 is 11.6 Å². The van der Waals surface area contributed by atoms with Crippen LogP contribution in [-0.4, -0.2) is 12.5 Å². The minimum atomic E-state index is -0.503. The highest BCUT2D eigenvalue weighted by Gasteiger charge is 2.05. The van der Waals surface area contributed by atoms with Crippen molar-refractivity contribution in [2.24, 2.45) is 0 Å². The molecule has 0 aliphatic rings. The molecular weight excluding hydrogens is 226 g/mol. The molecule has 17 heavy (non-hydrogen) atoms. The number of nitrogens with zero attached hydrogens (tertiary/aromatic N) is 1. The summed E-state index contributed by atoms with van der Waals surface area (Å²) in [6, 6.07) is 5.06. The molecule has 0 spiro atoms. The van der Waals surface area contributed by atoms with E-state index in [4.69, 9.17) is 5.26 Å². The third kappa shape index (κ3) is 4.60. The average Bonchev–Trinajstić information content (AvgIpc) is 2.31. The number of hydrogen-bond donors (Lipinski definition) is 1. The third-order valence-corrected chi connectivity index (χ3v) is 2.19. The van der Waals surface area contributed by atoms with Crippen LogP contribution in [0.25, 0.3) is 0 Å². The Morgan fingerprint density at radius 1 is 1.41 bits per heavy atom. The van der Waals surface area contributed by atoms with Crippen LogP contribution in [0.5, 0.6) is 0 Å². The summed E-state index contributed by atoms with van der Waals surface area (Å²) in [5.74, 6) is -1.25. The fourth-order valence-corrected chi connectivity index (χ4v) is 1.33. The Labute approximate surface area is 98.1 Å². The van der Waals surface area contributed by atoms with Gasteiger partial charge in [0.1, 0.15) is 11.6 Å². The van der Waals surface area contributed by atoms with Crippen LogP contribution >= 0.6 is 0 Å². The number of halogens is 2. The second-order valence-electron chi connectivity index (χ2n) is 3.49. The number of carbonyl (C=O) groups excluding carboxylic acids is 1. The summed E-state index contributed by atoms with van der Waals surface area (Å²) in [6.07, 6.45) is 0.504. The molecule has 0 fully saturated rings. The number of hydrogen-bond acceptors (Lipinski definition) is 2. The molecule has 0 radical (unpaired) electrons. The van der Waals surface area contributed by atoms with Crippen molar-refractivity contribution in [1.82, 2.24) is 5.32 Å². The molecule has 1 aromatic carbocycles. The van der Waals surface area contributed by atoms with E-state index in [1.165, 1.54) is 0 Å². The van der Waals surface area contributed by atoms with Gasteiger partial charge in [0.25, 0.3) is 0 Å². The highest BCUT2D eigenvalue weighted by Crippen LogP contribution is 2.09. The number of benzene rings is 1. The van der Waals surface area contributed by atoms with Crippen molar-refractivity contribution < 1.29 is 13.6 Å². The number of amides is 1. The topological polar surface area (TPSA) is 52.9 Å². The van der Waals surface area contributed by atoms with Crippen molar-refractivity contribution in [2.45, 2.75) is 19.3 Å². The lowest BCUT2D eigenvalue weighted by Crippen LogP contribution is -2.25. The van der Waals surface area contributed by atoms with E-state index in [-0.39, 0.29) is 37.3 Å². The first-order valence-electron chi connectivity index (χ1n) is 5.21. The highest BCUT2D eigenvalue weighted by molar-refractivity contribution is 5.76. The number of carbonyl (C=O) groups is 1. The van der Waals surface area contributed by atoms with E-state index in [0.29, 0.717) is 0 Å². The first kappa shape index (κ1) is 13.1. The average molecular weight is 238 g/mol. The monoisotopic (exact) mass is 238 g/mol. The zero-order chi connectivity index (χ0) is 12.7. The highest BCUT2D eigenvalue weighted by atomic mass is 19.1. The van der Waals surface area contributed by atoms with Crippen molar-refractivity contribution >= 4 is 5.91 Å². The summed E-state index contributed by atoms with van der Waals surface area (Å²) < 4.78 is 26.0. The smallest absolute Gasteiger partial charge is 0.221 e. The fraction of sp³-hybridized carbons (Fsp3) is 0.333. The molecule has 0 saturated heterocycles. The van der Waals surface area contributed by atoms with Gasteiger partial charge in [0.15, 0.2) is 0 Å². The maximum atomic E-state index is 13.2. The van der Waals surface area contributed by atoms with Crippen molar-refractivity contribution in [1.29, 1.82) is 5.26 Å². The van der Waals surface area contributed by atoms with Crippen molar-refractivity contribution in [3.8, 4) is 6.07 Å². The van der Waals surface area contributed by atoms with E-state index in [1.54, 1.807) is 0 Å². The van der Waals surface area contributed by atoms with Crippen molar-refractivity contribution in [2.75, 3.05) is 6.54 Å². The molecule has 5 heteroatoms. The Morgan fingerprint density at radius 3 is 2.88 bits per heavy atom. The van der Waals surface area contributed by atoms with Gasteiger partial charge in [0.2, 0.25) is 5.91 Å². The van der Waals surface area contributed by atoms with Gasteiger partial charge in [-0.05, 0) is 30.2 Å². The number of nitrogens with one attached hydrogen (secondary N) is 1. The van der Waals surface area contributed by atoms with Gasteiger partial charge in [-0.1, -0.05) is 0 Å². The Hall–Kier alpha value is -1.96. The second kappa shape index (κ2) is 6.59. The molecule has 0 saturated carbocycles. The lowest BCUT2D eigenvalue weighted by molar-refractivity contribution is -0.120. The van der Waals surface area contributed by atoms with E-state index in [2.05, 4.69) is 5.32 Å². The van der Waals surface area contributed by atoms with Gasteiger partial charge in [0.05, 0.1) is 6.07 Å². The summed E-state index contributed by atoms with van der Waals surface area (Å²) in [5, 5.41) is 10.8. The van der Waals surface area contributed by atoms with Gasteiger partial charge in [-0.3, -0.25) is 4.79 Å². The zero-order valence-corrected chi connectivity index (χ0v) is 9.17. The largest absolute Gasteiger partial charge is 0.356 e. The van der Waals surface area contributed by atoms with Crippen LogP contribution in [0.1, 0.15) is 18.4 Å². The van der Waals surface area contributed by atoms with Crippen LogP contribution in [0, 0.1) is 23.0 Å². The molecule has 0 atom stereocenters. The molecule has 1 rings (SSSR count). The molecule has 0 aliphatic heterocycles. The molecule has 1 N–H and O–H groups in total. The van der Waals surface area contributed by atoms with Crippen LogP contribution < -0.4 is 5.32 Å². The summed E-state index contributed by atoms with van der Waals surface area (Å²) >= 11 is 0. The third-order valence-electron chi connectivity index (χ3n) is 2.19. The van der Waals surface area contributed by atoms with E-state index >= 15 is 0 Å². The van der Waals surface area contributed by atoms with Gasteiger partial charge in [-0.15, -0.1) is 0 Å². The fourth-order valence-electron chi connectivity index (χ4n) is 1.33. The summed E-state index contributed by atoms with van der Waals surface area (Å²) in [7, 11) is 0. The molecular formula is C12H12F2N2O. The Balaban J connectivity index is 2.38. The molecule has 1 amide bonds. The standard InChI is InChI=1S/C12H12F2N2O/c13-10-3-4-11(14)9(8-10)5-7-16-12(17)2-1-6-15/h3-4,8H,1-2,5,7H2,(H,16,17). The van der Waals surface area contributed by atoms with Gasteiger partial charge < -0.3 is 5.32 Å². The number of nitriles is 1. The quantitative estimate of drug-likeness (QED) is 0.852. The molecule has 0 heterocycles. The summed E-state index contributed by atoms with van der Waals surface area (Å²) in [6.45, 7) is 0.227. The SMILES string of the molecule is N#CCCC(=O)NCCc1cc(F)ccc1F. The minimum absolute atomic E-state index is 0.127. The first-order valence-corrected chi connectivity index (χ1v) is 5.21. The summed E-state index contributed by atoms with van der Waals surface area (Å²) in [4.78, 5) is 11.1. The second-order valence-corrected chi connectivity index (χ2v) is 3.49. The molecule has 0 unspecified atom stereocenters. The minimum Gasteiger partial charge on any atom is -0.356 e. The van der Waals surface area contributed by atoms with Crippen LogP contribution in [0.2, 0.25) is 0 Å². The molecule has 3 nitrogen and oxygen atoms in total. The maximum absolute atomic E-state index is 13.2. The molecule has 1 aromatic rings. The predicted molar refractivity (Wildman–Crippen MR) is 57.9 cm³/mol. The lowest BCUT2D eigenvalue weighted by Gasteiger charge is -2.05. The van der Waals surface area contributed by atoms with E-state index in [9.17, 15) is 13.6 Å². The van der Waals surface area contributed by atoms with Crippen LogP contribution in [0.4, 0.5) is 8.78 Å². The maximum Gasteiger partial charge on any atom is 0.221 e. The molecule has 90 valence electrons. The van der Waals surface area contributed by atoms with Crippen LogP contribution in [-0.2, 0) is 11.2 Å². The van der Waals surface area contributed by atoms with Gasteiger partial charge in [0, 0.05) is 19.4 Å². The Bertz CT molecular complexity index is 441. The Morgan fingerprint density at radius 2 is 2.18 bits per heavy atom. The van der Waals surface area contributed by atoms with Gasteiger partial charge in [-0.25, -0.2) is 8.78 Å². The van der Waals surface area contributed by atoms with E-state index in [0.717, 1.165) is 18.2 Å². The van der Waals surface area contributed by atoms with Crippen LogP contribution in [0.15, 0.2) is 18.2 Å². The van der Waals surface area contributed by atoms with E-state index in [1.807, 2.05) is 6.07 Å². The molecule has 0 aliphatic carbocycles. The first-order chi connectivity index (χ1) is 8.13.